The fraction of sp³-hybridized carbons (Fsp3) is 0.0312. The van der Waals surface area contributed by atoms with Crippen molar-refractivity contribution < 1.29 is 19.9 Å². The standard InChI is InChI=1S/C34H23BrO2S2.C10H8BO2S.C10H7BrS.C10H8S/c35-24-15-16-27-28(21-24)34(37,32-20-18-30(39-32)23-11-5-2-6-12-23)26-14-8-7-13-25(26)33(27,36)31-19-17-29(38-31)22-9-3-1-4-10-22;12-11-13-10-7-6-9(14-10)8-4-2-1-3-5-8;11-10-7-6-9(12-10)8-4-2-1-3-5-8;1-2-5-9(6-3-1)10-7-4-8-11-10/h1-21,36-37H;1-7,12H;1-7H;1-8H. The zero-order valence-corrected chi connectivity index (χ0v) is 47.7. The van der Waals surface area contributed by atoms with Crippen LogP contribution in [0, 0.1) is 0 Å². The van der Waals surface area contributed by atoms with Gasteiger partial charge in [0.15, 0.2) is 10.7 Å². The van der Waals surface area contributed by atoms with Crippen molar-refractivity contribution in [2.75, 3.05) is 0 Å². The lowest BCUT2D eigenvalue weighted by atomic mass is 9.66. The van der Waals surface area contributed by atoms with E-state index in [-0.39, 0.29) is 0 Å². The van der Waals surface area contributed by atoms with Crippen LogP contribution in [-0.2, 0) is 11.2 Å². The highest BCUT2D eigenvalue weighted by molar-refractivity contribution is 9.11. The van der Waals surface area contributed by atoms with Gasteiger partial charge in [-0.1, -0.05) is 204 Å². The molecule has 2 unspecified atom stereocenters. The topological polar surface area (TPSA) is 69.9 Å². The summed E-state index contributed by atoms with van der Waals surface area (Å²) < 4.78 is 6.88. The molecule has 1 aliphatic rings. The first-order valence-corrected chi connectivity index (χ1v) is 29.8. The molecule has 5 heterocycles. The number of halogens is 2. The second kappa shape index (κ2) is 24.8. The summed E-state index contributed by atoms with van der Waals surface area (Å²) in [6.45, 7) is 0. The molecule has 1 radical (unpaired) electrons. The van der Waals surface area contributed by atoms with E-state index in [1.54, 1.807) is 45.3 Å². The smallest absolute Gasteiger partial charge is 0.530 e. The Kier molecular flexibility index (Phi) is 17.4. The first-order valence-electron chi connectivity index (χ1n) is 24.1. The number of benzene rings is 7. The molecule has 13 rings (SSSR count). The van der Waals surface area contributed by atoms with Gasteiger partial charge in [-0.3, -0.25) is 0 Å². The van der Waals surface area contributed by atoms with Crippen molar-refractivity contribution >= 4 is 96.2 Å². The van der Waals surface area contributed by atoms with E-state index in [1.165, 1.54) is 36.0 Å². The molecule has 373 valence electrons. The lowest BCUT2D eigenvalue weighted by Gasteiger charge is -2.44. The van der Waals surface area contributed by atoms with Crippen LogP contribution in [0.5, 0.6) is 5.06 Å². The molecule has 2 atom stereocenters. The van der Waals surface area contributed by atoms with Gasteiger partial charge in [-0.2, -0.15) is 0 Å². The Balaban J connectivity index is 0.000000143. The number of hydrogen-bond donors (Lipinski definition) is 3. The van der Waals surface area contributed by atoms with Crippen molar-refractivity contribution in [1.29, 1.82) is 0 Å². The van der Waals surface area contributed by atoms with Gasteiger partial charge in [-0.05, 0) is 116 Å². The predicted octanol–water partition coefficient (Wildman–Crippen LogP) is 18.7. The molecular formula is C64H46BBr2O4S5. The summed E-state index contributed by atoms with van der Waals surface area (Å²) in [6, 6.07) is 85.3. The molecule has 0 saturated heterocycles. The number of thiophene rings is 5. The molecule has 12 aromatic rings. The summed E-state index contributed by atoms with van der Waals surface area (Å²) >= 11 is 15.3. The normalized spacial score (nSPS) is 15.0. The summed E-state index contributed by atoms with van der Waals surface area (Å²) in [5, 5.41) is 36.8. The molecule has 0 bridgehead atoms. The van der Waals surface area contributed by atoms with Gasteiger partial charge in [0.25, 0.3) is 0 Å². The van der Waals surface area contributed by atoms with Crippen LogP contribution in [0.2, 0.25) is 0 Å². The molecule has 0 aliphatic heterocycles. The lowest BCUT2D eigenvalue weighted by molar-refractivity contribution is 0.0786. The minimum atomic E-state index is -1.43. The first kappa shape index (κ1) is 53.2. The van der Waals surface area contributed by atoms with Crippen LogP contribution in [0.4, 0.5) is 0 Å². The van der Waals surface area contributed by atoms with Crippen LogP contribution in [0.25, 0.3) is 52.2 Å². The quantitative estimate of drug-likeness (QED) is 0.126. The van der Waals surface area contributed by atoms with Crippen LogP contribution in [-0.4, -0.2) is 22.9 Å². The monoisotopic (exact) mass is 1210 g/mol. The number of fused-ring (bicyclic) bond motifs is 2. The summed E-state index contributed by atoms with van der Waals surface area (Å²) in [5.74, 6) is 0. The molecule has 5 aromatic heterocycles. The van der Waals surface area contributed by atoms with Gasteiger partial charge in [0.1, 0.15) is 5.60 Å². The average Bonchev–Trinajstić information content (AvgIpc) is 4.47. The maximum atomic E-state index is 12.8. The first-order chi connectivity index (χ1) is 37.2. The van der Waals surface area contributed by atoms with Gasteiger partial charge < -0.3 is 19.9 Å². The third kappa shape index (κ3) is 11.8. The van der Waals surface area contributed by atoms with Crippen molar-refractivity contribution in [3.8, 4) is 57.3 Å². The largest absolute Gasteiger partial charge is 0.569 e. The predicted molar refractivity (Wildman–Crippen MR) is 330 cm³/mol. The zero-order chi connectivity index (χ0) is 52.3. The second-order valence-corrected chi connectivity index (χ2v) is 24.8. The molecule has 3 N–H and O–H groups in total. The maximum Gasteiger partial charge on any atom is 0.569 e. The Bertz CT molecular complexity index is 3730. The molecule has 7 aromatic carbocycles. The Morgan fingerprint density at radius 1 is 0.355 bits per heavy atom. The van der Waals surface area contributed by atoms with Gasteiger partial charge in [0.05, 0.1) is 3.79 Å². The van der Waals surface area contributed by atoms with Gasteiger partial charge in [-0.25, -0.2) is 0 Å². The molecule has 0 fully saturated rings. The highest BCUT2D eigenvalue weighted by Gasteiger charge is 2.52. The SMILES string of the molecule is Brc1ccc(-c2ccccc2)s1.OC1(c2ccc(-c3ccccc3)s2)c2ccccc2C(O)(c2ccc(-c3ccccc3)s2)c2cc(Br)ccc21.O[B]Oc1ccc(-c2ccccc2)s1.c1ccc(-c2cccs2)cc1. The van der Waals surface area contributed by atoms with Crippen LogP contribution in [0.3, 0.4) is 0 Å². The highest BCUT2D eigenvalue weighted by atomic mass is 79.9. The Morgan fingerprint density at radius 3 is 1.18 bits per heavy atom. The zero-order valence-electron chi connectivity index (χ0n) is 40.5. The van der Waals surface area contributed by atoms with E-state index >= 15 is 0 Å². The lowest BCUT2D eigenvalue weighted by Crippen LogP contribution is -2.43. The molecule has 0 spiro atoms. The summed E-state index contributed by atoms with van der Waals surface area (Å²) in [4.78, 5) is 7.57. The van der Waals surface area contributed by atoms with E-state index in [2.05, 4.69) is 146 Å². The van der Waals surface area contributed by atoms with Gasteiger partial charge in [-0.15, -0.1) is 56.7 Å². The van der Waals surface area contributed by atoms with Gasteiger partial charge in [0.2, 0.25) is 0 Å². The number of rotatable bonds is 9. The summed E-state index contributed by atoms with van der Waals surface area (Å²) in [5.41, 5.74) is 5.86. The van der Waals surface area contributed by atoms with Crippen LogP contribution >= 0.6 is 88.5 Å². The van der Waals surface area contributed by atoms with Crippen molar-refractivity contribution in [3.05, 3.63) is 300 Å². The van der Waals surface area contributed by atoms with Crippen molar-refractivity contribution in [3.63, 3.8) is 0 Å². The molecule has 4 nitrogen and oxygen atoms in total. The fourth-order valence-electron chi connectivity index (χ4n) is 8.96. The maximum absolute atomic E-state index is 12.8. The summed E-state index contributed by atoms with van der Waals surface area (Å²) in [7, 11) is 0.695. The summed E-state index contributed by atoms with van der Waals surface area (Å²) in [6.07, 6.45) is 0. The highest BCUT2D eigenvalue weighted by Crippen LogP contribution is 2.56. The van der Waals surface area contributed by atoms with Crippen molar-refractivity contribution in [1.82, 2.24) is 0 Å². The minimum absolute atomic E-state index is 0.675. The van der Waals surface area contributed by atoms with Crippen molar-refractivity contribution in [2.24, 2.45) is 0 Å². The van der Waals surface area contributed by atoms with E-state index in [9.17, 15) is 10.2 Å². The van der Waals surface area contributed by atoms with E-state index in [1.807, 2.05) is 146 Å². The molecule has 0 saturated carbocycles. The Labute approximate surface area is 480 Å². The van der Waals surface area contributed by atoms with Crippen molar-refractivity contribution in [2.45, 2.75) is 11.2 Å². The average molecular weight is 1210 g/mol. The fourth-order valence-corrected chi connectivity index (χ4v) is 14.5. The number of hydrogen-bond acceptors (Lipinski definition) is 9. The van der Waals surface area contributed by atoms with Crippen LogP contribution < -0.4 is 4.65 Å². The Morgan fingerprint density at radius 2 is 0.750 bits per heavy atom. The molecule has 0 amide bonds. The third-order valence-electron chi connectivity index (χ3n) is 12.5. The molecule has 1 aliphatic carbocycles. The van der Waals surface area contributed by atoms with E-state index < -0.39 is 11.2 Å². The molecule has 76 heavy (non-hydrogen) atoms. The molecular weight excluding hydrogens is 1160 g/mol. The Hall–Kier alpha value is -6.26. The second-order valence-electron chi connectivity index (χ2n) is 17.2. The van der Waals surface area contributed by atoms with Crippen LogP contribution in [0.1, 0.15) is 32.0 Å². The van der Waals surface area contributed by atoms with E-state index in [4.69, 9.17) is 9.68 Å². The van der Waals surface area contributed by atoms with Crippen LogP contribution in [0.15, 0.2) is 268 Å². The van der Waals surface area contributed by atoms with E-state index in [0.29, 0.717) is 35.0 Å². The molecule has 12 heteroatoms. The van der Waals surface area contributed by atoms with Gasteiger partial charge >= 0.3 is 7.69 Å². The number of aliphatic hydroxyl groups is 2. The van der Waals surface area contributed by atoms with Gasteiger partial charge in [0, 0.05) is 60.9 Å². The third-order valence-corrected chi connectivity index (χ3v) is 19.1. The minimum Gasteiger partial charge on any atom is -0.530 e. The van der Waals surface area contributed by atoms with E-state index in [0.717, 1.165) is 45.5 Å².